The molecule has 3 aromatic rings. The fourth-order valence-electron chi connectivity index (χ4n) is 2.43. The molecule has 2 unspecified atom stereocenters. The third-order valence-electron chi connectivity index (χ3n) is 4.01. The van der Waals surface area contributed by atoms with Crippen LogP contribution < -0.4 is 10.6 Å². The molecule has 0 bridgehead atoms. The van der Waals surface area contributed by atoms with Gasteiger partial charge < -0.3 is 10.6 Å². The molecule has 0 radical (unpaired) electrons. The molecule has 7 heteroatoms. The number of carbonyl (C=O) groups is 1. The summed E-state index contributed by atoms with van der Waals surface area (Å²) < 4.78 is 0.764. The molecule has 0 aliphatic heterocycles. The molecule has 27 heavy (non-hydrogen) atoms. The lowest BCUT2D eigenvalue weighted by atomic mass is 10.1. The molecular formula is C20H22N4OS2. The number of amides is 1. The molecule has 2 aromatic carbocycles. The molecule has 0 spiro atoms. The van der Waals surface area contributed by atoms with Crippen LogP contribution in [0.1, 0.15) is 31.0 Å². The maximum atomic E-state index is 12.5. The van der Waals surface area contributed by atoms with Gasteiger partial charge in [0.1, 0.15) is 0 Å². The lowest BCUT2D eigenvalue weighted by Crippen LogP contribution is -2.33. The number of rotatable bonds is 7. The number of hydrogen-bond acceptors (Lipinski definition) is 6. The maximum Gasteiger partial charge on any atom is 0.233 e. The van der Waals surface area contributed by atoms with Crippen LogP contribution in [0.4, 0.5) is 10.8 Å². The zero-order valence-corrected chi connectivity index (χ0v) is 17.1. The van der Waals surface area contributed by atoms with Crippen LogP contribution in [-0.2, 0) is 4.79 Å². The highest BCUT2D eigenvalue weighted by Gasteiger charge is 2.19. The second kappa shape index (κ2) is 9.01. The summed E-state index contributed by atoms with van der Waals surface area (Å²) in [6, 6.07) is 18.0. The van der Waals surface area contributed by atoms with Crippen LogP contribution in [0, 0.1) is 6.92 Å². The second-order valence-corrected chi connectivity index (χ2v) is 8.83. The van der Waals surface area contributed by atoms with E-state index in [1.807, 2.05) is 68.4 Å². The van der Waals surface area contributed by atoms with Gasteiger partial charge in [0.2, 0.25) is 11.0 Å². The summed E-state index contributed by atoms with van der Waals surface area (Å²) in [6.45, 7) is 5.92. The van der Waals surface area contributed by atoms with Crippen molar-refractivity contribution in [1.29, 1.82) is 0 Å². The van der Waals surface area contributed by atoms with Crippen molar-refractivity contribution in [2.45, 2.75) is 36.4 Å². The highest BCUT2D eigenvalue weighted by Crippen LogP contribution is 2.30. The lowest BCUT2D eigenvalue weighted by molar-refractivity contribution is -0.120. The Morgan fingerprint density at radius 2 is 1.74 bits per heavy atom. The van der Waals surface area contributed by atoms with Gasteiger partial charge in [0.25, 0.3) is 0 Å². The van der Waals surface area contributed by atoms with Gasteiger partial charge in [0.05, 0.1) is 11.3 Å². The van der Waals surface area contributed by atoms with E-state index in [0.29, 0.717) is 5.13 Å². The van der Waals surface area contributed by atoms with E-state index in [-0.39, 0.29) is 17.2 Å². The summed E-state index contributed by atoms with van der Waals surface area (Å²) in [6.07, 6.45) is 0. The SMILES string of the molecule is Cc1ccc(Nc2nnc(SC(C)C(=O)NC(C)c3ccccc3)s2)cc1. The van der Waals surface area contributed by atoms with Gasteiger partial charge in [0, 0.05) is 5.69 Å². The average Bonchev–Trinajstić information content (AvgIpc) is 3.11. The quantitative estimate of drug-likeness (QED) is 0.551. The van der Waals surface area contributed by atoms with Crippen LogP contribution >= 0.6 is 23.1 Å². The third-order valence-corrected chi connectivity index (χ3v) is 6.04. The molecule has 140 valence electrons. The van der Waals surface area contributed by atoms with Gasteiger partial charge in [-0.15, -0.1) is 10.2 Å². The summed E-state index contributed by atoms with van der Waals surface area (Å²) in [7, 11) is 0. The largest absolute Gasteiger partial charge is 0.349 e. The van der Waals surface area contributed by atoms with E-state index >= 15 is 0 Å². The van der Waals surface area contributed by atoms with Crippen LogP contribution in [0.15, 0.2) is 58.9 Å². The van der Waals surface area contributed by atoms with Crippen molar-refractivity contribution in [2.24, 2.45) is 0 Å². The van der Waals surface area contributed by atoms with E-state index in [0.717, 1.165) is 15.6 Å². The minimum absolute atomic E-state index is 0.0143. The highest BCUT2D eigenvalue weighted by molar-refractivity contribution is 8.02. The van der Waals surface area contributed by atoms with Crippen molar-refractivity contribution in [2.75, 3.05) is 5.32 Å². The van der Waals surface area contributed by atoms with Gasteiger partial charge >= 0.3 is 0 Å². The Morgan fingerprint density at radius 3 is 2.44 bits per heavy atom. The summed E-state index contributed by atoms with van der Waals surface area (Å²) >= 11 is 2.86. The smallest absolute Gasteiger partial charge is 0.233 e. The fourth-order valence-corrected chi connectivity index (χ4v) is 4.35. The van der Waals surface area contributed by atoms with Crippen molar-refractivity contribution in [3.63, 3.8) is 0 Å². The number of aryl methyl sites for hydroxylation is 1. The van der Waals surface area contributed by atoms with Crippen LogP contribution in [0.25, 0.3) is 0 Å². The number of nitrogens with zero attached hydrogens (tertiary/aromatic N) is 2. The lowest BCUT2D eigenvalue weighted by Gasteiger charge is -2.17. The van der Waals surface area contributed by atoms with Crippen molar-refractivity contribution >= 4 is 39.8 Å². The van der Waals surface area contributed by atoms with Gasteiger partial charge in [-0.1, -0.05) is 71.1 Å². The molecule has 2 atom stereocenters. The van der Waals surface area contributed by atoms with E-state index in [1.54, 1.807) is 0 Å². The van der Waals surface area contributed by atoms with E-state index < -0.39 is 0 Å². The molecule has 0 fully saturated rings. The first-order valence-electron chi connectivity index (χ1n) is 8.70. The fraction of sp³-hybridized carbons (Fsp3) is 0.250. The summed E-state index contributed by atoms with van der Waals surface area (Å²) in [5.74, 6) is -0.0143. The Morgan fingerprint density at radius 1 is 1.04 bits per heavy atom. The van der Waals surface area contributed by atoms with Gasteiger partial charge in [-0.05, 0) is 38.5 Å². The van der Waals surface area contributed by atoms with Gasteiger partial charge in [-0.3, -0.25) is 4.79 Å². The number of benzene rings is 2. The Balaban J connectivity index is 1.54. The predicted octanol–water partition coefficient (Wildman–Crippen LogP) is 4.95. The first-order chi connectivity index (χ1) is 13.0. The minimum atomic E-state index is -0.253. The predicted molar refractivity (Wildman–Crippen MR) is 113 cm³/mol. The van der Waals surface area contributed by atoms with E-state index in [2.05, 4.69) is 27.8 Å². The molecule has 1 amide bonds. The summed E-state index contributed by atoms with van der Waals surface area (Å²) in [5.41, 5.74) is 3.26. The number of hydrogen-bond donors (Lipinski definition) is 2. The van der Waals surface area contributed by atoms with Crippen LogP contribution in [-0.4, -0.2) is 21.4 Å². The normalized spacial score (nSPS) is 13.0. The Labute approximate surface area is 167 Å². The molecule has 0 aliphatic rings. The molecule has 5 nitrogen and oxygen atoms in total. The van der Waals surface area contributed by atoms with Crippen molar-refractivity contribution in [1.82, 2.24) is 15.5 Å². The Kier molecular flexibility index (Phi) is 6.47. The molecule has 0 saturated heterocycles. The summed E-state index contributed by atoms with van der Waals surface area (Å²) in [4.78, 5) is 12.5. The Hall–Kier alpha value is -2.38. The number of aromatic nitrogens is 2. The first kappa shape index (κ1) is 19.4. The third kappa shape index (κ3) is 5.55. The topological polar surface area (TPSA) is 66.9 Å². The zero-order valence-electron chi connectivity index (χ0n) is 15.5. The molecular weight excluding hydrogens is 376 g/mol. The molecule has 1 heterocycles. The van der Waals surface area contributed by atoms with Crippen molar-refractivity contribution in [3.05, 3.63) is 65.7 Å². The van der Waals surface area contributed by atoms with E-state index in [9.17, 15) is 4.79 Å². The van der Waals surface area contributed by atoms with Gasteiger partial charge in [-0.25, -0.2) is 0 Å². The molecule has 1 aromatic heterocycles. The van der Waals surface area contributed by atoms with Crippen LogP contribution in [0.3, 0.4) is 0 Å². The number of carbonyl (C=O) groups excluding carboxylic acids is 1. The van der Waals surface area contributed by atoms with Crippen molar-refractivity contribution < 1.29 is 4.79 Å². The monoisotopic (exact) mass is 398 g/mol. The zero-order chi connectivity index (χ0) is 19.2. The molecule has 0 saturated carbocycles. The van der Waals surface area contributed by atoms with Gasteiger partial charge in [0.15, 0.2) is 4.34 Å². The van der Waals surface area contributed by atoms with E-state index in [4.69, 9.17) is 0 Å². The Bertz CT molecular complexity index is 881. The number of nitrogens with one attached hydrogen (secondary N) is 2. The maximum absolute atomic E-state index is 12.5. The van der Waals surface area contributed by atoms with Crippen molar-refractivity contribution in [3.8, 4) is 0 Å². The second-order valence-electron chi connectivity index (χ2n) is 6.27. The van der Waals surface area contributed by atoms with Gasteiger partial charge in [-0.2, -0.15) is 0 Å². The molecule has 3 rings (SSSR count). The minimum Gasteiger partial charge on any atom is -0.349 e. The first-order valence-corrected chi connectivity index (χ1v) is 10.4. The average molecular weight is 399 g/mol. The highest BCUT2D eigenvalue weighted by atomic mass is 32.2. The number of thioether (sulfide) groups is 1. The van der Waals surface area contributed by atoms with Crippen LogP contribution in [0.5, 0.6) is 0 Å². The van der Waals surface area contributed by atoms with Crippen LogP contribution in [0.2, 0.25) is 0 Å². The molecule has 0 aliphatic carbocycles. The number of anilines is 2. The van der Waals surface area contributed by atoms with E-state index in [1.165, 1.54) is 28.7 Å². The summed E-state index contributed by atoms with van der Waals surface area (Å²) in [5, 5.41) is 15.1. The molecule has 2 N–H and O–H groups in total. The standard InChI is InChI=1S/C20H22N4OS2/c1-13-9-11-17(12-10-13)22-19-23-24-20(27-19)26-15(3)18(25)21-14(2)16-7-5-4-6-8-16/h4-12,14-15H,1-3H3,(H,21,25)(H,22,23).